The van der Waals surface area contributed by atoms with E-state index in [1.165, 1.54) is 0 Å². The van der Waals surface area contributed by atoms with Gasteiger partial charge in [-0.15, -0.1) is 0 Å². The Bertz CT molecular complexity index is 1870. The van der Waals surface area contributed by atoms with Crippen LogP contribution in [0.4, 0.5) is 5.82 Å². The average molecular weight is 816 g/mol. The Morgan fingerprint density at radius 3 is 2.07 bits per heavy atom. The summed E-state index contributed by atoms with van der Waals surface area (Å²) >= 11 is 0. The van der Waals surface area contributed by atoms with Crippen molar-refractivity contribution in [3.63, 3.8) is 0 Å². The summed E-state index contributed by atoms with van der Waals surface area (Å²) in [7, 11) is 0. The van der Waals surface area contributed by atoms with Crippen molar-refractivity contribution in [1.29, 1.82) is 0 Å². The molecule has 6 N–H and O–H groups in total. The van der Waals surface area contributed by atoms with Gasteiger partial charge in [0.1, 0.15) is 18.2 Å². The zero-order valence-corrected chi connectivity index (χ0v) is 34.6. The van der Waals surface area contributed by atoms with Gasteiger partial charge >= 0.3 is 5.97 Å². The minimum absolute atomic E-state index is 0.335. The zero-order chi connectivity index (χ0) is 42.2. The lowest BCUT2D eigenvalue weighted by molar-refractivity contribution is -0.138. The lowest BCUT2D eigenvalue weighted by Gasteiger charge is -2.19. The second-order valence-electron chi connectivity index (χ2n) is 14.6. The fourth-order valence-electron chi connectivity index (χ4n) is 6.11. The van der Waals surface area contributed by atoms with Gasteiger partial charge in [0.2, 0.25) is 11.8 Å². The number of fused-ring (bicyclic) bond motifs is 1. The van der Waals surface area contributed by atoms with Crippen LogP contribution in [-0.4, -0.2) is 106 Å². The lowest BCUT2D eigenvalue weighted by Crippen LogP contribution is -2.45. The molecule has 320 valence electrons. The first-order valence-electron chi connectivity index (χ1n) is 20.4. The van der Waals surface area contributed by atoms with Crippen molar-refractivity contribution in [1.82, 2.24) is 15.6 Å². The zero-order valence-electron chi connectivity index (χ0n) is 34.6. The average Bonchev–Trinajstić information content (AvgIpc) is 3.22. The first kappa shape index (κ1) is 46.6. The number of rotatable bonds is 29. The van der Waals surface area contributed by atoms with Gasteiger partial charge in [-0.1, -0.05) is 68.4 Å². The molecule has 4 aromatic rings. The van der Waals surface area contributed by atoms with Crippen molar-refractivity contribution in [2.45, 2.75) is 58.5 Å². The fourth-order valence-corrected chi connectivity index (χ4v) is 6.11. The molecule has 3 aromatic carbocycles. The Balaban J connectivity index is 1.20. The number of benzene rings is 3. The highest BCUT2D eigenvalue weighted by molar-refractivity contribution is 6.00. The van der Waals surface area contributed by atoms with Crippen molar-refractivity contribution in [3.05, 3.63) is 90.1 Å². The highest BCUT2D eigenvalue weighted by Gasteiger charge is 2.20. The van der Waals surface area contributed by atoms with Gasteiger partial charge in [0.15, 0.2) is 0 Å². The number of nitrogens with two attached hydrogens (primary N) is 1. The standard InChI is InChI=1S/C45H61N5O9/c1-32(2)17-20-55-21-22-56-23-24-57-25-26-58-27-28-59-41-15-14-36(37-7-4-5-8-38(37)41)34-10-12-35(13-11-34)40(30-44(52)53)50-43(51)31-49-45(54)39(46)9-6-18-47-42-29-33(3)16-19-48-42/h4-5,7-8,10-16,19,29,32,39-40H,6,9,17-18,20-28,30-31,46H2,1-3H3,(H,47,48)(H,49,54)(H,50,51)(H,52,53)/t39-,40-/m0/s1. The number of carboxylic acids is 1. The predicted octanol–water partition coefficient (Wildman–Crippen LogP) is 5.67. The van der Waals surface area contributed by atoms with Gasteiger partial charge in [-0.25, -0.2) is 4.98 Å². The van der Waals surface area contributed by atoms with E-state index in [9.17, 15) is 19.5 Å². The van der Waals surface area contributed by atoms with Gasteiger partial charge in [0.05, 0.1) is 71.3 Å². The molecule has 4 rings (SSSR count). The number of aliphatic carboxylic acids is 1. The minimum Gasteiger partial charge on any atom is -0.491 e. The number of amides is 2. The van der Waals surface area contributed by atoms with Gasteiger partial charge in [0.25, 0.3) is 0 Å². The maximum absolute atomic E-state index is 12.9. The number of hydrogen-bond donors (Lipinski definition) is 5. The number of carboxylic acid groups (broad SMARTS) is 1. The van der Waals surface area contributed by atoms with Crippen LogP contribution in [0.3, 0.4) is 0 Å². The molecule has 14 heteroatoms. The molecule has 0 saturated heterocycles. The maximum Gasteiger partial charge on any atom is 0.305 e. The molecule has 2 atom stereocenters. The Kier molecular flexibility index (Phi) is 20.6. The molecule has 0 aliphatic carbocycles. The third kappa shape index (κ3) is 17.3. The van der Waals surface area contributed by atoms with Crippen molar-refractivity contribution >= 4 is 34.4 Å². The molecule has 0 saturated carbocycles. The summed E-state index contributed by atoms with van der Waals surface area (Å²) in [5.74, 6) is 0.0635. The molecule has 0 aliphatic rings. The Labute approximate surface area is 347 Å². The van der Waals surface area contributed by atoms with Crippen LogP contribution in [0.15, 0.2) is 79.0 Å². The van der Waals surface area contributed by atoms with Crippen molar-refractivity contribution in [2.24, 2.45) is 11.7 Å². The summed E-state index contributed by atoms with van der Waals surface area (Å²) in [6.45, 7) is 11.2. The summed E-state index contributed by atoms with van der Waals surface area (Å²) in [5.41, 5.74) is 9.64. The normalized spacial score (nSPS) is 12.3. The summed E-state index contributed by atoms with van der Waals surface area (Å²) in [5, 5.41) is 20.1. The monoisotopic (exact) mass is 815 g/mol. The number of ether oxygens (including phenoxy) is 5. The second-order valence-corrected chi connectivity index (χ2v) is 14.6. The number of carbonyl (C=O) groups is 3. The number of aromatic nitrogens is 1. The van der Waals surface area contributed by atoms with Crippen LogP contribution in [-0.2, 0) is 33.3 Å². The topological polar surface area (TPSA) is 193 Å². The second kappa shape index (κ2) is 26.1. The van der Waals surface area contributed by atoms with Gasteiger partial charge in [-0.05, 0) is 77.9 Å². The molecule has 0 fully saturated rings. The third-order valence-electron chi connectivity index (χ3n) is 9.34. The number of carbonyl (C=O) groups excluding carboxylic acids is 2. The van der Waals surface area contributed by atoms with E-state index in [2.05, 4.69) is 34.8 Å². The largest absolute Gasteiger partial charge is 0.491 e. The Morgan fingerprint density at radius 2 is 1.42 bits per heavy atom. The van der Waals surface area contributed by atoms with Gasteiger partial charge in [-0.2, -0.15) is 0 Å². The van der Waals surface area contributed by atoms with E-state index in [-0.39, 0.29) is 13.0 Å². The quantitative estimate of drug-likeness (QED) is 0.0423. The SMILES string of the molecule is Cc1ccnc(NCCC[C@H](N)C(=O)NCC(=O)N[C@@H](CC(=O)O)c2ccc(-c3ccc(OCCOCCOCCOCCOCCC(C)C)c4ccccc34)cc2)c1. The minimum atomic E-state index is -1.07. The van der Waals surface area contributed by atoms with Crippen LogP contribution in [0.1, 0.15) is 56.7 Å². The third-order valence-corrected chi connectivity index (χ3v) is 9.34. The molecule has 0 spiro atoms. The number of nitrogens with zero attached hydrogens (tertiary/aromatic N) is 1. The molecule has 59 heavy (non-hydrogen) atoms. The molecule has 0 aliphatic heterocycles. The number of hydrogen-bond acceptors (Lipinski definition) is 11. The van der Waals surface area contributed by atoms with E-state index < -0.39 is 29.9 Å². The number of pyridine rings is 1. The summed E-state index contributed by atoms with van der Waals surface area (Å²) < 4.78 is 28.4. The van der Waals surface area contributed by atoms with E-state index >= 15 is 0 Å². The van der Waals surface area contributed by atoms with E-state index in [0.717, 1.165) is 52.1 Å². The van der Waals surface area contributed by atoms with Gasteiger partial charge in [-0.3, -0.25) is 14.4 Å². The fraction of sp³-hybridized carbons (Fsp3) is 0.467. The summed E-state index contributed by atoms with van der Waals surface area (Å²) in [4.78, 5) is 41.5. The smallest absolute Gasteiger partial charge is 0.305 e. The lowest BCUT2D eigenvalue weighted by atomic mass is 9.95. The highest BCUT2D eigenvalue weighted by atomic mass is 16.6. The Morgan fingerprint density at radius 1 is 0.780 bits per heavy atom. The van der Waals surface area contributed by atoms with E-state index in [0.29, 0.717) is 83.7 Å². The van der Waals surface area contributed by atoms with E-state index in [1.54, 1.807) is 18.3 Å². The van der Waals surface area contributed by atoms with Crippen LogP contribution in [0.2, 0.25) is 0 Å². The molecule has 0 unspecified atom stereocenters. The molecular weight excluding hydrogens is 755 g/mol. The van der Waals surface area contributed by atoms with Crippen LogP contribution in [0.25, 0.3) is 21.9 Å². The van der Waals surface area contributed by atoms with Crippen LogP contribution < -0.4 is 26.4 Å². The van der Waals surface area contributed by atoms with Gasteiger partial charge < -0.3 is 50.5 Å². The van der Waals surface area contributed by atoms with Gasteiger partial charge in [0, 0.05) is 24.7 Å². The maximum atomic E-state index is 12.9. The predicted molar refractivity (Wildman–Crippen MR) is 228 cm³/mol. The number of anilines is 1. The van der Waals surface area contributed by atoms with Crippen LogP contribution in [0.5, 0.6) is 5.75 Å². The number of nitrogens with one attached hydrogen (secondary N) is 3. The number of aryl methyl sites for hydroxylation is 1. The molecule has 14 nitrogen and oxygen atoms in total. The molecule has 0 bridgehead atoms. The van der Waals surface area contributed by atoms with Crippen molar-refractivity contribution < 1.29 is 43.2 Å². The molecule has 1 aromatic heterocycles. The molecule has 0 radical (unpaired) electrons. The first-order valence-corrected chi connectivity index (χ1v) is 20.4. The molecule has 2 amide bonds. The van der Waals surface area contributed by atoms with Crippen molar-refractivity contribution in [3.8, 4) is 16.9 Å². The summed E-state index contributed by atoms with van der Waals surface area (Å²) in [6, 6.07) is 21.5. The van der Waals surface area contributed by atoms with E-state index in [4.69, 9.17) is 29.4 Å². The Hall–Kier alpha value is -5.12. The van der Waals surface area contributed by atoms with Crippen molar-refractivity contribution in [2.75, 3.05) is 77.9 Å². The molecule has 1 heterocycles. The van der Waals surface area contributed by atoms with Crippen LogP contribution in [0, 0.1) is 12.8 Å². The first-order chi connectivity index (χ1) is 28.6. The molecular formula is C45H61N5O9. The highest BCUT2D eigenvalue weighted by Crippen LogP contribution is 2.35. The summed E-state index contributed by atoms with van der Waals surface area (Å²) in [6.07, 6.45) is 3.47. The van der Waals surface area contributed by atoms with E-state index in [1.807, 2.05) is 67.6 Å². The van der Waals surface area contributed by atoms with Crippen LogP contribution >= 0.6 is 0 Å².